The summed E-state index contributed by atoms with van der Waals surface area (Å²) in [6.45, 7) is 4.14. The average molecular weight is 357 g/mol. The Balaban J connectivity index is 1.58. The summed E-state index contributed by atoms with van der Waals surface area (Å²) in [4.78, 5) is 4.85. The lowest BCUT2D eigenvalue weighted by Crippen LogP contribution is -2.10. The van der Waals surface area contributed by atoms with Crippen LogP contribution in [-0.2, 0) is 13.1 Å². The van der Waals surface area contributed by atoms with E-state index in [-0.39, 0.29) is 0 Å². The zero-order valence-electron chi connectivity index (χ0n) is 15.4. The molecule has 0 amide bonds. The van der Waals surface area contributed by atoms with Crippen LogP contribution in [0, 0.1) is 0 Å². The second-order valence-corrected chi connectivity index (χ2v) is 6.40. The summed E-state index contributed by atoms with van der Waals surface area (Å²) in [7, 11) is 0. The maximum absolute atomic E-state index is 5.50. The molecule has 0 fully saturated rings. The minimum atomic E-state index is 0.662. The van der Waals surface area contributed by atoms with Crippen LogP contribution in [-0.4, -0.2) is 16.2 Å². The van der Waals surface area contributed by atoms with E-state index in [0.29, 0.717) is 13.2 Å². The number of nitrogens with one attached hydrogen (secondary N) is 1. The molecule has 4 rings (SSSR count). The molecule has 1 aromatic heterocycles. The van der Waals surface area contributed by atoms with Crippen molar-refractivity contribution in [1.29, 1.82) is 0 Å². The van der Waals surface area contributed by atoms with E-state index in [1.165, 1.54) is 5.56 Å². The van der Waals surface area contributed by atoms with Crippen molar-refractivity contribution in [2.24, 2.45) is 0 Å². The minimum absolute atomic E-state index is 0.662. The fraction of sp³-hybridized carbons (Fsp3) is 0.174. The number of aromatic nitrogens is 2. The molecule has 3 aromatic carbocycles. The SMILES string of the molecule is CCOc1ccc(NCc2nc3ccccc3n2Cc2ccccc2)cc1. The Morgan fingerprint density at radius 3 is 2.41 bits per heavy atom. The average Bonchev–Trinajstić information content (AvgIpc) is 3.06. The summed E-state index contributed by atoms with van der Waals surface area (Å²) in [5.74, 6) is 1.91. The van der Waals surface area contributed by atoms with Gasteiger partial charge in [0.25, 0.3) is 0 Å². The summed E-state index contributed by atoms with van der Waals surface area (Å²) in [5.41, 5.74) is 4.50. The number of benzene rings is 3. The number of nitrogens with zero attached hydrogens (tertiary/aromatic N) is 2. The van der Waals surface area contributed by atoms with Gasteiger partial charge in [-0.05, 0) is 48.9 Å². The maximum atomic E-state index is 5.50. The van der Waals surface area contributed by atoms with Crippen LogP contribution in [0.25, 0.3) is 11.0 Å². The third-order valence-electron chi connectivity index (χ3n) is 4.53. The topological polar surface area (TPSA) is 39.1 Å². The van der Waals surface area contributed by atoms with E-state index in [1.807, 2.05) is 43.3 Å². The van der Waals surface area contributed by atoms with Gasteiger partial charge in [0.15, 0.2) is 0 Å². The first-order valence-electron chi connectivity index (χ1n) is 9.28. The number of ether oxygens (including phenoxy) is 1. The van der Waals surface area contributed by atoms with Crippen LogP contribution in [0.3, 0.4) is 0 Å². The van der Waals surface area contributed by atoms with Crippen LogP contribution in [0.2, 0.25) is 0 Å². The van der Waals surface area contributed by atoms with Crippen LogP contribution in [0.15, 0.2) is 78.9 Å². The third kappa shape index (κ3) is 3.95. The highest BCUT2D eigenvalue weighted by Crippen LogP contribution is 2.20. The predicted octanol–water partition coefficient (Wildman–Crippen LogP) is 5.10. The van der Waals surface area contributed by atoms with Gasteiger partial charge in [0.1, 0.15) is 11.6 Å². The Labute approximate surface area is 159 Å². The number of para-hydroxylation sites is 2. The molecule has 0 atom stereocenters. The lowest BCUT2D eigenvalue weighted by Gasteiger charge is -2.11. The molecule has 0 radical (unpaired) electrons. The zero-order chi connectivity index (χ0) is 18.5. The van der Waals surface area contributed by atoms with Crippen molar-refractivity contribution in [3.63, 3.8) is 0 Å². The van der Waals surface area contributed by atoms with E-state index in [9.17, 15) is 0 Å². The lowest BCUT2D eigenvalue weighted by atomic mass is 10.2. The highest BCUT2D eigenvalue weighted by atomic mass is 16.5. The normalized spacial score (nSPS) is 10.9. The molecule has 4 aromatic rings. The highest BCUT2D eigenvalue weighted by molar-refractivity contribution is 5.76. The number of hydrogen-bond acceptors (Lipinski definition) is 3. The van der Waals surface area contributed by atoms with Crippen LogP contribution >= 0.6 is 0 Å². The molecule has 0 spiro atoms. The van der Waals surface area contributed by atoms with Crippen molar-refractivity contribution in [3.8, 4) is 5.75 Å². The van der Waals surface area contributed by atoms with E-state index in [2.05, 4.69) is 52.3 Å². The Bertz CT molecular complexity index is 1010. The molecule has 0 aliphatic rings. The molecule has 0 unspecified atom stereocenters. The van der Waals surface area contributed by atoms with Gasteiger partial charge in [-0.1, -0.05) is 42.5 Å². The van der Waals surface area contributed by atoms with Gasteiger partial charge < -0.3 is 14.6 Å². The van der Waals surface area contributed by atoms with Gasteiger partial charge >= 0.3 is 0 Å². The van der Waals surface area contributed by atoms with E-state index >= 15 is 0 Å². The molecule has 1 heterocycles. The number of rotatable bonds is 7. The van der Waals surface area contributed by atoms with E-state index in [0.717, 1.165) is 34.8 Å². The summed E-state index contributed by atoms with van der Waals surface area (Å²) in [5, 5.41) is 3.48. The first-order chi connectivity index (χ1) is 13.3. The smallest absolute Gasteiger partial charge is 0.129 e. The first kappa shape index (κ1) is 17.2. The highest BCUT2D eigenvalue weighted by Gasteiger charge is 2.10. The minimum Gasteiger partial charge on any atom is -0.494 e. The Morgan fingerprint density at radius 1 is 0.889 bits per heavy atom. The van der Waals surface area contributed by atoms with Gasteiger partial charge in [0.05, 0.1) is 24.2 Å². The summed E-state index contributed by atoms with van der Waals surface area (Å²) >= 11 is 0. The number of imidazole rings is 1. The van der Waals surface area contributed by atoms with Crippen molar-refractivity contribution >= 4 is 16.7 Å². The molecule has 1 N–H and O–H groups in total. The zero-order valence-corrected chi connectivity index (χ0v) is 15.4. The molecule has 27 heavy (non-hydrogen) atoms. The van der Waals surface area contributed by atoms with E-state index < -0.39 is 0 Å². The Hall–Kier alpha value is -3.27. The summed E-state index contributed by atoms with van der Waals surface area (Å²) in [6, 6.07) is 26.8. The van der Waals surface area contributed by atoms with Gasteiger partial charge in [0, 0.05) is 12.2 Å². The summed E-state index contributed by atoms with van der Waals surface area (Å²) in [6.07, 6.45) is 0. The fourth-order valence-electron chi connectivity index (χ4n) is 3.22. The van der Waals surface area contributed by atoms with Crippen LogP contribution in [0.1, 0.15) is 18.3 Å². The number of anilines is 1. The van der Waals surface area contributed by atoms with Crippen molar-refractivity contribution in [1.82, 2.24) is 9.55 Å². The Kier molecular flexibility index (Phi) is 5.06. The van der Waals surface area contributed by atoms with Gasteiger partial charge in [0.2, 0.25) is 0 Å². The molecule has 0 saturated carbocycles. The molecule has 0 aliphatic carbocycles. The predicted molar refractivity (Wildman–Crippen MR) is 110 cm³/mol. The van der Waals surface area contributed by atoms with Gasteiger partial charge in [-0.3, -0.25) is 0 Å². The first-order valence-corrected chi connectivity index (χ1v) is 9.28. The lowest BCUT2D eigenvalue weighted by molar-refractivity contribution is 0.340. The molecule has 4 nitrogen and oxygen atoms in total. The number of fused-ring (bicyclic) bond motifs is 1. The largest absolute Gasteiger partial charge is 0.494 e. The van der Waals surface area contributed by atoms with Crippen LogP contribution < -0.4 is 10.1 Å². The fourth-order valence-corrected chi connectivity index (χ4v) is 3.22. The van der Waals surface area contributed by atoms with Gasteiger partial charge in [-0.2, -0.15) is 0 Å². The number of hydrogen-bond donors (Lipinski definition) is 1. The molecule has 4 heteroatoms. The van der Waals surface area contributed by atoms with Gasteiger partial charge in [-0.25, -0.2) is 4.98 Å². The standard InChI is InChI=1S/C23H23N3O/c1-2-27-20-14-12-19(13-15-20)24-16-23-25-21-10-6-7-11-22(21)26(23)17-18-8-4-3-5-9-18/h3-15,24H,2,16-17H2,1H3. The van der Waals surface area contributed by atoms with E-state index in [1.54, 1.807) is 0 Å². The molecule has 0 saturated heterocycles. The molecule has 0 aliphatic heterocycles. The van der Waals surface area contributed by atoms with Crippen molar-refractivity contribution in [3.05, 3.63) is 90.3 Å². The monoisotopic (exact) mass is 357 g/mol. The Morgan fingerprint density at radius 2 is 1.63 bits per heavy atom. The van der Waals surface area contributed by atoms with Crippen LogP contribution in [0.4, 0.5) is 5.69 Å². The van der Waals surface area contributed by atoms with Gasteiger partial charge in [-0.15, -0.1) is 0 Å². The molecule has 136 valence electrons. The van der Waals surface area contributed by atoms with E-state index in [4.69, 9.17) is 9.72 Å². The van der Waals surface area contributed by atoms with Crippen molar-refractivity contribution in [2.45, 2.75) is 20.0 Å². The second-order valence-electron chi connectivity index (χ2n) is 6.40. The summed E-state index contributed by atoms with van der Waals surface area (Å²) < 4.78 is 7.79. The maximum Gasteiger partial charge on any atom is 0.129 e. The molecule has 0 bridgehead atoms. The third-order valence-corrected chi connectivity index (χ3v) is 4.53. The second kappa shape index (κ2) is 7.96. The molecular weight excluding hydrogens is 334 g/mol. The molecular formula is C23H23N3O. The van der Waals surface area contributed by atoms with Crippen LogP contribution in [0.5, 0.6) is 5.75 Å². The quantitative estimate of drug-likeness (QED) is 0.500. The van der Waals surface area contributed by atoms with Crippen molar-refractivity contribution in [2.75, 3.05) is 11.9 Å². The van der Waals surface area contributed by atoms with Crippen molar-refractivity contribution < 1.29 is 4.74 Å².